The molecule has 0 atom stereocenters. The lowest BCUT2D eigenvalue weighted by Crippen LogP contribution is -2.20. The summed E-state index contributed by atoms with van der Waals surface area (Å²) in [7, 11) is 3.97. The molecule has 202 valence electrons. The maximum Gasteiger partial charge on any atom is 0.257 e. The molecule has 1 amide bonds. The van der Waals surface area contributed by atoms with Crippen LogP contribution in [0.4, 0.5) is 5.69 Å². The Balaban J connectivity index is 1.79. The molecule has 10 nitrogen and oxygen atoms in total. The molecule has 0 bridgehead atoms. The van der Waals surface area contributed by atoms with E-state index in [1.165, 1.54) is 18.6 Å². The number of pyridine rings is 2. The molecule has 1 aromatic carbocycles. The van der Waals surface area contributed by atoms with Gasteiger partial charge in [0.15, 0.2) is 5.75 Å². The third-order valence-electron chi connectivity index (χ3n) is 5.31. The Hall–Kier alpha value is -3.60. The SMILES string of the molecule is CN(C)CCCOc1cc(C(=N)c2cc(OCc3c(Cl)cncc3Cl)ccc2N)cnc1OCCNC=O. The van der Waals surface area contributed by atoms with E-state index in [1.807, 2.05) is 14.1 Å². The Morgan fingerprint density at radius 1 is 1.11 bits per heavy atom. The van der Waals surface area contributed by atoms with Crippen molar-refractivity contribution < 1.29 is 19.0 Å². The Kier molecular flexibility index (Phi) is 11.0. The van der Waals surface area contributed by atoms with Crippen LogP contribution in [0.15, 0.2) is 42.9 Å². The summed E-state index contributed by atoms with van der Waals surface area (Å²) in [5.41, 5.74) is 8.29. The second-order valence-corrected chi connectivity index (χ2v) is 9.26. The lowest BCUT2D eigenvalue weighted by Gasteiger charge is -2.16. The van der Waals surface area contributed by atoms with Gasteiger partial charge in [0.05, 0.1) is 28.9 Å². The van der Waals surface area contributed by atoms with Crippen LogP contribution in [0.5, 0.6) is 17.4 Å². The summed E-state index contributed by atoms with van der Waals surface area (Å²) in [5, 5.41) is 12.2. The van der Waals surface area contributed by atoms with Crippen LogP contribution in [-0.4, -0.2) is 67.4 Å². The zero-order chi connectivity index (χ0) is 27.5. The van der Waals surface area contributed by atoms with Crippen LogP contribution in [0.2, 0.25) is 10.0 Å². The molecule has 0 unspecified atom stereocenters. The molecule has 0 aliphatic carbocycles. The highest BCUT2D eigenvalue weighted by Gasteiger charge is 2.16. The Morgan fingerprint density at radius 2 is 1.87 bits per heavy atom. The number of rotatable bonds is 15. The van der Waals surface area contributed by atoms with Crippen molar-refractivity contribution in [1.82, 2.24) is 20.2 Å². The Morgan fingerprint density at radius 3 is 2.58 bits per heavy atom. The van der Waals surface area contributed by atoms with E-state index in [-0.39, 0.29) is 24.8 Å². The molecular weight excluding hydrogens is 531 g/mol. The number of ether oxygens (including phenoxy) is 3. The molecule has 0 saturated carbocycles. The number of carbonyl (C=O) groups is 1. The molecule has 0 fully saturated rings. The molecule has 2 heterocycles. The van der Waals surface area contributed by atoms with Gasteiger partial charge in [0.1, 0.15) is 19.0 Å². The van der Waals surface area contributed by atoms with E-state index in [9.17, 15) is 4.79 Å². The number of benzene rings is 1. The van der Waals surface area contributed by atoms with Gasteiger partial charge < -0.3 is 30.2 Å². The highest BCUT2D eigenvalue weighted by molar-refractivity contribution is 6.35. The van der Waals surface area contributed by atoms with E-state index in [4.69, 9.17) is 48.6 Å². The minimum Gasteiger partial charge on any atom is -0.489 e. The Labute approximate surface area is 231 Å². The van der Waals surface area contributed by atoms with Gasteiger partial charge in [-0.25, -0.2) is 4.98 Å². The first kappa shape index (κ1) is 29.0. The van der Waals surface area contributed by atoms with Gasteiger partial charge in [-0.15, -0.1) is 0 Å². The van der Waals surface area contributed by atoms with Crippen LogP contribution in [-0.2, 0) is 11.4 Å². The van der Waals surface area contributed by atoms with E-state index < -0.39 is 0 Å². The Bertz CT molecular complexity index is 1240. The van der Waals surface area contributed by atoms with E-state index in [0.717, 1.165) is 13.0 Å². The average Bonchev–Trinajstić information content (AvgIpc) is 2.89. The number of amides is 1. The van der Waals surface area contributed by atoms with Crippen molar-refractivity contribution in [3.8, 4) is 17.4 Å². The van der Waals surface area contributed by atoms with Crippen LogP contribution < -0.4 is 25.3 Å². The van der Waals surface area contributed by atoms with Gasteiger partial charge in [0.25, 0.3) is 5.88 Å². The topological polar surface area (TPSA) is 136 Å². The predicted molar refractivity (Wildman–Crippen MR) is 148 cm³/mol. The number of nitrogens with one attached hydrogen (secondary N) is 2. The van der Waals surface area contributed by atoms with Crippen LogP contribution in [0, 0.1) is 5.41 Å². The molecule has 12 heteroatoms. The fourth-order valence-electron chi connectivity index (χ4n) is 3.34. The summed E-state index contributed by atoms with van der Waals surface area (Å²) < 4.78 is 17.5. The van der Waals surface area contributed by atoms with Gasteiger partial charge in [-0.2, -0.15) is 0 Å². The van der Waals surface area contributed by atoms with E-state index in [2.05, 4.69) is 20.2 Å². The first-order valence-corrected chi connectivity index (χ1v) is 12.5. The summed E-state index contributed by atoms with van der Waals surface area (Å²) in [4.78, 5) is 20.9. The second-order valence-electron chi connectivity index (χ2n) is 8.45. The normalized spacial score (nSPS) is 10.8. The highest BCUT2D eigenvalue weighted by Crippen LogP contribution is 2.30. The van der Waals surface area contributed by atoms with Crippen molar-refractivity contribution in [3.05, 3.63) is 69.6 Å². The summed E-state index contributed by atoms with van der Waals surface area (Å²) in [6.45, 7) is 1.94. The molecule has 0 aliphatic heterocycles. The van der Waals surface area contributed by atoms with Crippen molar-refractivity contribution in [2.45, 2.75) is 13.0 Å². The lowest BCUT2D eigenvalue weighted by atomic mass is 10.0. The molecule has 0 saturated heterocycles. The predicted octanol–water partition coefficient (Wildman–Crippen LogP) is 3.82. The molecule has 0 radical (unpaired) electrons. The van der Waals surface area contributed by atoms with E-state index in [1.54, 1.807) is 24.3 Å². The molecule has 0 spiro atoms. The van der Waals surface area contributed by atoms with E-state index in [0.29, 0.717) is 63.5 Å². The monoisotopic (exact) mass is 560 g/mol. The quantitative estimate of drug-likeness (QED) is 0.110. The lowest BCUT2D eigenvalue weighted by molar-refractivity contribution is -0.109. The fraction of sp³-hybridized carbons (Fsp3) is 0.308. The number of hydrogen-bond donors (Lipinski definition) is 3. The minimum absolute atomic E-state index is 0.119. The van der Waals surface area contributed by atoms with Crippen LogP contribution >= 0.6 is 23.2 Å². The van der Waals surface area contributed by atoms with Gasteiger partial charge in [-0.3, -0.25) is 15.2 Å². The molecule has 4 N–H and O–H groups in total. The summed E-state index contributed by atoms with van der Waals surface area (Å²) in [5.74, 6) is 1.15. The largest absolute Gasteiger partial charge is 0.489 e. The third-order valence-corrected chi connectivity index (χ3v) is 5.96. The summed E-state index contributed by atoms with van der Waals surface area (Å²) in [6, 6.07) is 6.74. The van der Waals surface area contributed by atoms with Crippen molar-refractivity contribution >= 4 is 41.0 Å². The number of anilines is 1. The van der Waals surface area contributed by atoms with Gasteiger partial charge in [0.2, 0.25) is 6.41 Å². The van der Waals surface area contributed by atoms with Gasteiger partial charge in [-0.1, -0.05) is 23.2 Å². The van der Waals surface area contributed by atoms with Crippen molar-refractivity contribution in [2.24, 2.45) is 0 Å². The van der Waals surface area contributed by atoms with Crippen LogP contribution in [0.25, 0.3) is 0 Å². The van der Waals surface area contributed by atoms with Crippen molar-refractivity contribution in [3.63, 3.8) is 0 Å². The van der Waals surface area contributed by atoms with Gasteiger partial charge in [-0.05, 0) is 44.8 Å². The van der Waals surface area contributed by atoms with Crippen molar-refractivity contribution in [2.75, 3.05) is 46.1 Å². The smallest absolute Gasteiger partial charge is 0.257 e. The summed E-state index contributed by atoms with van der Waals surface area (Å²) in [6.07, 6.45) is 5.90. The number of carbonyl (C=O) groups excluding carboxylic acids is 1. The van der Waals surface area contributed by atoms with Crippen molar-refractivity contribution in [1.29, 1.82) is 5.41 Å². The minimum atomic E-state index is 0.119. The molecule has 3 aromatic rings. The first-order chi connectivity index (χ1) is 18.3. The number of nitrogens with zero attached hydrogens (tertiary/aromatic N) is 3. The molecular formula is C26H30Cl2N6O4. The maximum absolute atomic E-state index is 10.5. The molecule has 2 aromatic heterocycles. The van der Waals surface area contributed by atoms with Crippen LogP contribution in [0.1, 0.15) is 23.1 Å². The third kappa shape index (κ3) is 8.20. The first-order valence-electron chi connectivity index (χ1n) is 11.8. The zero-order valence-electron chi connectivity index (χ0n) is 21.2. The average molecular weight is 561 g/mol. The summed E-state index contributed by atoms with van der Waals surface area (Å²) >= 11 is 12.4. The maximum atomic E-state index is 10.5. The number of nitrogen functional groups attached to an aromatic ring is 1. The molecule has 3 rings (SSSR count). The zero-order valence-corrected chi connectivity index (χ0v) is 22.7. The van der Waals surface area contributed by atoms with E-state index >= 15 is 0 Å². The molecule has 38 heavy (non-hydrogen) atoms. The standard InChI is InChI=1S/C26H30Cl2N6O4/c1-34(2)7-3-8-36-24-10-17(12-33-26(24)37-9-6-31-16-35)25(30)19-11-18(4-5-23(19)29)38-15-20-21(27)13-32-14-22(20)28/h4-5,10-14,16,30H,3,6-9,15,29H2,1-2H3,(H,31,35). The van der Waals surface area contributed by atoms with Gasteiger partial charge >= 0.3 is 0 Å². The number of hydrogen-bond acceptors (Lipinski definition) is 9. The fourth-order valence-corrected chi connectivity index (χ4v) is 3.81. The molecule has 0 aliphatic rings. The number of halogens is 2. The second kappa shape index (κ2) is 14.4. The number of aromatic nitrogens is 2. The number of nitrogens with two attached hydrogens (primary N) is 1. The highest BCUT2D eigenvalue weighted by atomic mass is 35.5. The van der Waals surface area contributed by atoms with Gasteiger partial charge in [0, 0.05) is 47.5 Å². The van der Waals surface area contributed by atoms with Crippen LogP contribution in [0.3, 0.4) is 0 Å².